The van der Waals surface area contributed by atoms with Gasteiger partial charge in [0.05, 0.1) is 17.7 Å². The minimum Gasteiger partial charge on any atom is -0.356 e. The van der Waals surface area contributed by atoms with Crippen molar-refractivity contribution in [1.82, 2.24) is 20.4 Å². The molecule has 2 aliphatic heterocycles. The van der Waals surface area contributed by atoms with Crippen LogP contribution in [0.4, 0.5) is 8.78 Å². The third-order valence-corrected chi connectivity index (χ3v) is 4.09. The van der Waals surface area contributed by atoms with Gasteiger partial charge in [0.2, 0.25) is 5.91 Å². The zero-order valence-corrected chi connectivity index (χ0v) is 11.4. The Labute approximate surface area is 115 Å². The summed E-state index contributed by atoms with van der Waals surface area (Å²) in [4.78, 5) is 13.6. The van der Waals surface area contributed by atoms with Gasteiger partial charge in [0, 0.05) is 31.7 Å². The number of likely N-dealkylation sites (tertiary alicyclic amines) is 1. The Morgan fingerprint density at radius 2 is 2.25 bits per heavy atom. The van der Waals surface area contributed by atoms with E-state index in [1.54, 1.807) is 4.90 Å². The molecule has 110 valence electrons. The summed E-state index contributed by atoms with van der Waals surface area (Å²) in [6, 6.07) is 1.84. The summed E-state index contributed by atoms with van der Waals surface area (Å²) in [7, 11) is 0. The van der Waals surface area contributed by atoms with Gasteiger partial charge in [-0.1, -0.05) is 0 Å². The lowest BCUT2D eigenvalue weighted by molar-refractivity contribution is -0.149. The van der Waals surface area contributed by atoms with Crippen LogP contribution in [-0.4, -0.2) is 46.6 Å². The summed E-state index contributed by atoms with van der Waals surface area (Å²) in [5.74, 6) is -3.06. The Balaban J connectivity index is 1.79. The van der Waals surface area contributed by atoms with Crippen LogP contribution in [0, 0.1) is 12.3 Å². The SMILES string of the molecule is Cc1cc(CN2CC(F)(F)CC3(CCNC3=O)C2)n[nH]1. The first-order valence-corrected chi connectivity index (χ1v) is 6.78. The molecule has 2 N–H and O–H groups in total. The van der Waals surface area contributed by atoms with E-state index in [9.17, 15) is 13.6 Å². The molecule has 1 atom stereocenters. The number of piperidine rings is 1. The molecule has 0 saturated carbocycles. The smallest absolute Gasteiger partial charge is 0.261 e. The monoisotopic (exact) mass is 284 g/mol. The van der Waals surface area contributed by atoms with Crippen LogP contribution < -0.4 is 5.32 Å². The van der Waals surface area contributed by atoms with E-state index in [0.29, 0.717) is 26.1 Å². The number of rotatable bonds is 2. The first kappa shape index (κ1) is 13.5. The first-order valence-electron chi connectivity index (χ1n) is 6.78. The molecule has 1 amide bonds. The molecule has 3 rings (SSSR count). The Bertz CT molecular complexity index is 530. The minimum absolute atomic E-state index is 0.236. The molecule has 0 radical (unpaired) electrons. The van der Waals surface area contributed by atoms with E-state index >= 15 is 0 Å². The zero-order valence-electron chi connectivity index (χ0n) is 11.4. The molecule has 0 aromatic carbocycles. The molecule has 2 saturated heterocycles. The highest BCUT2D eigenvalue weighted by atomic mass is 19.3. The molecule has 5 nitrogen and oxygen atoms in total. The van der Waals surface area contributed by atoms with E-state index in [2.05, 4.69) is 15.5 Å². The molecule has 0 bridgehead atoms. The number of aromatic nitrogens is 2. The van der Waals surface area contributed by atoms with Gasteiger partial charge in [-0.05, 0) is 19.4 Å². The van der Waals surface area contributed by atoms with Crippen molar-refractivity contribution in [2.75, 3.05) is 19.6 Å². The predicted octanol–water partition coefficient (Wildman–Crippen LogP) is 1.07. The highest BCUT2D eigenvalue weighted by molar-refractivity contribution is 5.85. The van der Waals surface area contributed by atoms with Crippen molar-refractivity contribution in [2.24, 2.45) is 5.41 Å². The topological polar surface area (TPSA) is 61.0 Å². The summed E-state index contributed by atoms with van der Waals surface area (Å²) in [6.07, 6.45) is 0.138. The average molecular weight is 284 g/mol. The van der Waals surface area contributed by atoms with Gasteiger partial charge in [-0.15, -0.1) is 0 Å². The van der Waals surface area contributed by atoms with Crippen LogP contribution in [0.25, 0.3) is 0 Å². The summed E-state index contributed by atoms with van der Waals surface area (Å²) in [6.45, 7) is 2.76. The molecule has 1 aromatic rings. The number of nitrogens with one attached hydrogen (secondary N) is 2. The lowest BCUT2D eigenvalue weighted by Crippen LogP contribution is -2.54. The number of aromatic amines is 1. The van der Waals surface area contributed by atoms with E-state index in [-0.39, 0.29) is 18.9 Å². The standard InChI is InChI=1S/C13H18F2N4O/c1-9-4-10(18-17-9)5-19-7-12(2-3-16-11(12)20)6-13(14,15)8-19/h4H,2-3,5-8H2,1H3,(H,16,20)(H,17,18). The van der Waals surface area contributed by atoms with Crippen molar-refractivity contribution >= 4 is 5.91 Å². The molecule has 3 heterocycles. The van der Waals surface area contributed by atoms with Crippen molar-refractivity contribution in [2.45, 2.75) is 32.2 Å². The maximum Gasteiger partial charge on any atom is 0.261 e. The van der Waals surface area contributed by atoms with Crippen LogP contribution in [0.1, 0.15) is 24.2 Å². The maximum atomic E-state index is 14.0. The van der Waals surface area contributed by atoms with E-state index in [0.717, 1.165) is 11.4 Å². The van der Waals surface area contributed by atoms with Crippen LogP contribution in [0.2, 0.25) is 0 Å². The number of halogens is 2. The quantitative estimate of drug-likeness (QED) is 0.854. The number of hydrogen-bond acceptors (Lipinski definition) is 3. The van der Waals surface area contributed by atoms with Crippen LogP contribution >= 0.6 is 0 Å². The lowest BCUT2D eigenvalue weighted by Gasteiger charge is -2.42. The molecule has 2 fully saturated rings. The van der Waals surface area contributed by atoms with E-state index in [1.165, 1.54) is 0 Å². The number of carbonyl (C=O) groups excluding carboxylic acids is 1. The van der Waals surface area contributed by atoms with Crippen LogP contribution in [0.15, 0.2) is 6.07 Å². The Morgan fingerprint density at radius 1 is 1.45 bits per heavy atom. The highest BCUT2D eigenvalue weighted by Gasteiger charge is 2.54. The molecular formula is C13H18F2N4O. The van der Waals surface area contributed by atoms with Gasteiger partial charge in [-0.3, -0.25) is 14.8 Å². The van der Waals surface area contributed by atoms with E-state index in [1.807, 2.05) is 13.0 Å². The molecule has 20 heavy (non-hydrogen) atoms. The Hall–Kier alpha value is -1.50. The number of amides is 1. The number of carbonyl (C=O) groups is 1. The number of nitrogens with zero attached hydrogens (tertiary/aromatic N) is 2. The fraction of sp³-hybridized carbons (Fsp3) is 0.692. The van der Waals surface area contributed by atoms with Crippen LogP contribution in [0.3, 0.4) is 0 Å². The molecule has 7 heteroatoms. The van der Waals surface area contributed by atoms with Gasteiger partial charge in [0.25, 0.3) is 5.92 Å². The normalized spacial score (nSPS) is 29.9. The minimum atomic E-state index is -2.83. The molecule has 2 aliphatic rings. The largest absolute Gasteiger partial charge is 0.356 e. The second-order valence-corrected chi connectivity index (χ2v) is 6.01. The predicted molar refractivity (Wildman–Crippen MR) is 68.2 cm³/mol. The number of H-pyrrole nitrogens is 1. The number of hydrogen-bond donors (Lipinski definition) is 2. The van der Waals surface area contributed by atoms with Gasteiger partial charge < -0.3 is 5.32 Å². The maximum absolute atomic E-state index is 14.0. The summed E-state index contributed by atoms with van der Waals surface area (Å²) < 4.78 is 28.0. The summed E-state index contributed by atoms with van der Waals surface area (Å²) >= 11 is 0. The second-order valence-electron chi connectivity index (χ2n) is 6.01. The Morgan fingerprint density at radius 3 is 2.85 bits per heavy atom. The van der Waals surface area contributed by atoms with Crippen molar-refractivity contribution in [1.29, 1.82) is 0 Å². The zero-order chi connectivity index (χ0) is 14.4. The van der Waals surface area contributed by atoms with Gasteiger partial charge in [-0.25, -0.2) is 8.78 Å². The Kier molecular flexibility index (Phi) is 3.04. The summed E-state index contributed by atoms with van der Waals surface area (Å²) in [5, 5.41) is 9.57. The van der Waals surface area contributed by atoms with Gasteiger partial charge in [0.15, 0.2) is 0 Å². The highest BCUT2D eigenvalue weighted by Crippen LogP contribution is 2.43. The summed E-state index contributed by atoms with van der Waals surface area (Å²) in [5.41, 5.74) is 0.693. The van der Waals surface area contributed by atoms with Gasteiger partial charge in [-0.2, -0.15) is 5.10 Å². The lowest BCUT2D eigenvalue weighted by atomic mass is 9.77. The van der Waals surface area contributed by atoms with Gasteiger partial charge >= 0.3 is 0 Å². The molecule has 1 unspecified atom stereocenters. The van der Waals surface area contributed by atoms with Crippen molar-refractivity contribution in [3.8, 4) is 0 Å². The average Bonchev–Trinajstić information content (AvgIpc) is 2.85. The fourth-order valence-corrected chi connectivity index (χ4v) is 3.35. The molecular weight excluding hydrogens is 266 g/mol. The third kappa shape index (κ3) is 2.42. The van der Waals surface area contributed by atoms with E-state index < -0.39 is 11.3 Å². The number of aryl methyl sites for hydroxylation is 1. The van der Waals surface area contributed by atoms with Crippen molar-refractivity contribution in [3.63, 3.8) is 0 Å². The van der Waals surface area contributed by atoms with Gasteiger partial charge in [0.1, 0.15) is 0 Å². The molecule has 1 aromatic heterocycles. The van der Waals surface area contributed by atoms with Crippen LogP contribution in [-0.2, 0) is 11.3 Å². The van der Waals surface area contributed by atoms with Crippen molar-refractivity contribution in [3.05, 3.63) is 17.5 Å². The molecule has 0 aliphatic carbocycles. The third-order valence-electron chi connectivity index (χ3n) is 4.09. The fourth-order valence-electron chi connectivity index (χ4n) is 3.35. The van der Waals surface area contributed by atoms with E-state index in [4.69, 9.17) is 0 Å². The first-order chi connectivity index (χ1) is 9.39. The van der Waals surface area contributed by atoms with Crippen LogP contribution in [0.5, 0.6) is 0 Å². The second kappa shape index (κ2) is 4.51. The molecule has 1 spiro atoms. The van der Waals surface area contributed by atoms with Crippen molar-refractivity contribution < 1.29 is 13.6 Å². The number of alkyl halides is 2.